The van der Waals surface area contributed by atoms with Gasteiger partial charge in [0.1, 0.15) is 5.69 Å². The zero-order valence-corrected chi connectivity index (χ0v) is 12.4. The molecule has 1 unspecified atom stereocenters. The number of pyridine rings is 1. The van der Waals surface area contributed by atoms with E-state index in [-0.39, 0.29) is 11.9 Å². The van der Waals surface area contributed by atoms with Crippen LogP contribution in [0.5, 0.6) is 0 Å². The SMILES string of the molecule is CCN(CC)C(=O)c1cc(N2CCCC(N)C2)ccn1. The van der Waals surface area contributed by atoms with E-state index in [1.165, 1.54) is 0 Å². The summed E-state index contributed by atoms with van der Waals surface area (Å²) in [6.45, 7) is 7.22. The molecule has 1 atom stereocenters. The van der Waals surface area contributed by atoms with E-state index < -0.39 is 0 Å². The van der Waals surface area contributed by atoms with Crippen LogP contribution in [0.3, 0.4) is 0 Å². The summed E-state index contributed by atoms with van der Waals surface area (Å²) in [6.07, 6.45) is 3.89. The van der Waals surface area contributed by atoms with E-state index in [2.05, 4.69) is 9.88 Å². The topological polar surface area (TPSA) is 62.5 Å². The highest BCUT2D eigenvalue weighted by molar-refractivity contribution is 5.93. The number of carbonyl (C=O) groups excluding carboxylic acids is 1. The first kappa shape index (κ1) is 14.8. The van der Waals surface area contributed by atoms with Crippen LogP contribution in [0.25, 0.3) is 0 Å². The maximum atomic E-state index is 12.3. The first-order chi connectivity index (χ1) is 9.65. The Bertz CT molecular complexity index is 459. The van der Waals surface area contributed by atoms with Crippen LogP contribution in [-0.4, -0.2) is 48.0 Å². The molecule has 1 saturated heterocycles. The normalized spacial score (nSPS) is 18.9. The molecule has 5 heteroatoms. The number of piperidine rings is 1. The van der Waals surface area contributed by atoms with Gasteiger partial charge < -0.3 is 15.5 Å². The van der Waals surface area contributed by atoms with Crippen molar-refractivity contribution in [2.45, 2.75) is 32.7 Å². The summed E-state index contributed by atoms with van der Waals surface area (Å²) in [4.78, 5) is 20.6. The standard InChI is InChI=1S/C15H24N4O/c1-3-18(4-2)15(20)14-10-13(7-8-17-14)19-9-5-6-12(16)11-19/h7-8,10,12H,3-6,9,11,16H2,1-2H3. The van der Waals surface area contributed by atoms with Gasteiger partial charge in [-0.3, -0.25) is 9.78 Å². The molecule has 20 heavy (non-hydrogen) atoms. The largest absolute Gasteiger partial charge is 0.370 e. The molecule has 1 amide bonds. The fraction of sp³-hybridized carbons (Fsp3) is 0.600. The Kier molecular flexibility index (Phi) is 4.95. The van der Waals surface area contributed by atoms with Crippen molar-refractivity contribution in [2.75, 3.05) is 31.1 Å². The van der Waals surface area contributed by atoms with E-state index in [1.54, 1.807) is 11.1 Å². The fourth-order valence-electron chi connectivity index (χ4n) is 2.65. The molecule has 1 fully saturated rings. The van der Waals surface area contributed by atoms with Crippen molar-refractivity contribution >= 4 is 11.6 Å². The number of carbonyl (C=O) groups is 1. The summed E-state index contributed by atoms with van der Waals surface area (Å²) in [7, 11) is 0. The van der Waals surface area contributed by atoms with Gasteiger partial charge in [0.25, 0.3) is 5.91 Å². The van der Waals surface area contributed by atoms with Crippen molar-refractivity contribution in [3.05, 3.63) is 24.0 Å². The molecule has 0 aromatic carbocycles. The summed E-state index contributed by atoms with van der Waals surface area (Å²) in [6, 6.07) is 4.06. The Labute approximate surface area is 120 Å². The highest BCUT2D eigenvalue weighted by Gasteiger charge is 2.19. The molecule has 0 spiro atoms. The van der Waals surface area contributed by atoms with Crippen LogP contribution in [-0.2, 0) is 0 Å². The molecular formula is C15H24N4O. The van der Waals surface area contributed by atoms with E-state index in [1.807, 2.05) is 26.0 Å². The van der Waals surface area contributed by atoms with E-state index in [0.717, 1.165) is 31.6 Å². The molecule has 110 valence electrons. The second-order valence-electron chi connectivity index (χ2n) is 5.23. The molecule has 0 bridgehead atoms. The fourth-order valence-corrected chi connectivity index (χ4v) is 2.65. The number of nitrogens with two attached hydrogens (primary N) is 1. The van der Waals surface area contributed by atoms with Gasteiger partial charge >= 0.3 is 0 Å². The molecule has 0 aliphatic carbocycles. The first-order valence-electron chi connectivity index (χ1n) is 7.41. The third kappa shape index (κ3) is 3.28. The summed E-state index contributed by atoms with van der Waals surface area (Å²) in [5.74, 6) is -0.00171. The maximum Gasteiger partial charge on any atom is 0.272 e. The summed E-state index contributed by atoms with van der Waals surface area (Å²) in [5, 5.41) is 0. The molecule has 2 heterocycles. The number of aromatic nitrogens is 1. The lowest BCUT2D eigenvalue weighted by atomic mass is 10.1. The van der Waals surface area contributed by atoms with Gasteiger partial charge in [-0.15, -0.1) is 0 Å². The van der Waals surface area contributed by atoms with E-state index in [9.17, 15) is 4.79 Å². The van der Waals surface area contributed by atoms with Crippen LogP contribution in [0.1, 0.15) is 37.2 Å². The number of amides is 1. The maximum absolute atomic E-state index is 12.3. The molecule has 0 saturated carbocycles. The molecule has 1 aromatic heterocycles. The zero-order chi connectivity index (χ0) is 14.5. The third-order valence-electron chi connectivity index (χ3n) is 3.84. The second kappa shape index (κ2) is 6.70. The van der Waals surface area contributed by atoms with Gasteiger partial charge in [0.05, 0.1) is 0 Å². The first-order valence-corrected chi connectivity index (χ1v) is 7.41. The predicted octanol–water partition coefficient (Wildman–Crippen LogP) is 1.49. The minimum atomic E-state index is -0.00171. The van der Waals surface area contributed by atoms with Gasteiger partial charge in [0, 0.05) is 44.1 Å². The number of hydrogen-bond acceptors (Lipinski definition) is 4. The van der Waals surface area contributed by atoms with Gasteiger partial charge in [-0.2, -0.15) is 0 Å². The van der Waals surface area contributed by atoms with Crippen molar-refractivity contribution in [1.82, 2.24) is 9.88 Å². The van der Waals surface area contributed by atoms with Crippen LogP contribution in [0.15, 0.2) is 18.3 Å². The Balaban J connectivity index is 2.17. The molecule has 1 aromatic rings. The number of hydrogen-bond donors (Lipinski definition) is 1. The molecule has 2 rings (SSSR count). The lowest BCUT2D eigenvalue weighted by molar-refractivity contribution is 0.0767. The van der Waals surface area contributed by atoms with Crippen molar-refractivity contribution < 1.29 is 4.79 Å². The average Bonchev–Trinajstić information content (AvgIpc) is 2.48. The molecule has 0 radical (unpaired) electrons. The van der Waals surface area contributed by atoms with Gasteiger partial charge in [-0.1, -0.05) is 0 Å². The molecule has 1 aliphatic rings. The molecule has 5 nitrogen and oxygen atoms in total. The smallest absolute Gasteiger partial charge is 0.272 e. The van der Waals surface area contributed by atoms with Crippen LogP contribution >= 0.6 is 0 Å². The molecule has 1 aliphatic heterocycles. The minimum absolute atomic E-state index is 0.00171. The number of nitrogens with zero attached hydrogens (tertiary/aromatic N) is 3. The number of anilines is 1. The summed E-state index contributed by atoms with van der Waals surface area (Å²) >= 11 is 0. The zero-order valence-electron chi connectivity index (χ0n) is 12.4. The summed E-state index contributed by atoms with van der Waals surface area (Å²) in [5.41, 5.74) is 7.58. The van der Waals surface area contributed by atoms with Crippen molar-refractivity contribution in [3.8, 4) is 0 Å². The van der Waals surface area contributed by atoms with E-state index in [0.29, 0.717) is 18.8 Å². The summed E-state index contributed by atoms with van der Waals surface area (Å²) < 4.78 is 0. The lowest BCUT2D eigenvalue weighted by Gasteiger charge is -2.32. The van der Waals surface area contributed by atoms with Gasteiger partial charge in [0.15, 0.2) is 0 Å². The Morgan fingerprint density at radius 2 is 2.25 bits per heavy atom. The lowest BCUT2D eigenvalue weighted by Crippen LogP contribution is -2.43. The molecule has 2 N–H and O–H groups in total. The van der Waals surface area contributed by atoms with Crippen LogP contribution in [0.2, 0.25) is 0 Å². The highest BCUT2D eigenvalue weighted by atomic mass is 16.2. The van der Waals surface area contributed by atoms with Gasteiger partial charge in [-0.25, -0.2) is 0 Å². The monoisotopic (exact) mass is 276 g/mol. The van der Waals surface area contributed by atoms with Crippen molar-refractivity contribution in [2.24, 2.45) is 5.73 Å². The van der Waals surface area contributed by atoms with Crippen LogP contribution < -0.4 is 10.6 Å². The third-order valence-corrected chi connectivity index (χ3v) is 3.84. The predicted molar refractivity (Wildman–Crippen MR) is 80.9 cm³/mol. The van der Waals surface area contributed by atoms with E-state index in [4.69, 9.17) is 5.73 Å². The van der Waals surface area contributed by atoms with E-state index >= 15 is 0 Å². The number of rotatable bonds is 4. The van der Waals surface area contributed by atoms with Gasteiger partial charge in [0.2, 0.25) is 0 Å². The van der Waals surface area contributed by atoms with Gasteiger partial charge in [-0.05, 0) is 38.8 Å². The Hall–Kier alpha value is -1.62. The van der Waals surface area contributed by atoms with Crippen LogP contribution in [0.4, 0.5) is 5.69 Å². The van der Waals surface area contributed by atoms with Crippen LogP contribution in [0, 0.1) is 0 Å². The van der Waals surface area contributed by atoms with Crippen molar-refractivity contribution in [3.63, 3.8) is 0 Å². The minimum Gasteiger partial charge on any atom is -0.370 e. The quantitative estimate of drug-likeness (QED) is 0.905. The van der Waals surface area contributed by atoms with Crippen molar-refractivity contribution in [1.29, 1.82) is 0 Å². The Morgan fingerprint density at radius 1 is 1.50 bits per heavy atom. The Morgan fingerprint density at radius 3 is 2.90 bits per heavy atom. The average molecular weight is 276 g/mol. The molecular weight excluding hydrogens is 252 g/mol. The highest BCUT2D eigenvalue weighted by Crippen LogP contribution is 2.20. The second-order valence-corrected chi connectivity index (χ2v) is 5.23.